The van der Waals surface area contributed by atoms with Gasteiger partial charge in [-0.25, -0.2) is 4.79 Å². The number of ether oxygens (including phenoxy) is 2. The smallest absolute Gasteiger partial charge is 0.342 e. The van der Waals surface area contributed by atoms with E-state index in [9.17, 15) is 4.79 Å². The summed E-state index contributed by atoms with van der Waals surface area (Å²) in [6, 6.07) is 14.0. The summed E-state index contributed by atoms with van der Waals surface area (Å²) in [5, 5.41) is 0.641. The summed E-state index contributed by atoms with van der Waals surface area (Å²) in [7, 11) is 0. The standard InChI is InChI=1S/C18H16ClN5O3/c19-12-7-5-11(6-8-12)9-26-14-4-2-1-3-13(14)16(25)27-10-15-22-17(20)24-18(21)23-15/h1-8H,9-10H2,(H4,20,21,22,23,24). The number of aromatic nitrogens is 3. The Morgan fingerprint density at radius 2 is 1.59 bits per heavy atom. The predicted octanol–water partition coefficient (Wildman–Crippen LogP) is 2.63. The third kappa shape index (κ3) is 5.05. The molecule has 2 aromatic carbocycles. The van der Waals surface area contributed by atoms with Crippen molar-refractivity contribution in [2.45, 2.75) is 13.2 Å². The van der Waals surface area contributed by atoms with Gasteiger partial charge in [-0.05, 0) is 29.8 Å². The molecule has 0 aliphatic carbocycles. The molecule has 0 aliphatic rings. The van der Waals surface area contributed by atoms with E-state index in [1.165, 1.54) is 0 Å². The number of benzene rings is 2. The van der Waals surface area contributed by atoms with Crippen LogP contribution in [0.1, 0.15) is 21.7 Å². The molecule has 138 valence electrons. The zero-order valence-corrected chi connectivity index (χ0v) is 14.9. The zero-order valence-electron chi connectivity index (χ0n) is 14.1. The first kappa shape index (κ1) is 18.4. The molecule has 0 atom stereocenters. The van der Waals surface area contributed by atoms with Gasteiger partial charge in [0, 0.05) is 5.02 Å². The van der Waals surface area contributed by atoms with Gasteiger partial charge in [-0.1, -0.05) is 35.9 Å². The summed E-state index contributed by atoms with van der Waals surface area (Å²) in [4.78, 5) is 23.8. The Balaban J connectivity index is 1.66. The van der Waals surface area contributed by atoms with Crippen molar-refractivity contribution in [3.05, 3.63) is 70.5 Å². The Labute approximate surface area is 160 Å². The van der Waals surface area contributed by atoms with Crippen LogP contribution >= 0.6 is 11.6 Å². The Bertz CT molecular complexity index is 930. The number of rotatable bonds is 6. The number of carbonyl (C=O) groups excluding carboxylic acids is 1. The molecular formula is C18H16ClN5O3. The van der Waals surface area contributed by atoms with E-state index in [0.717, 1.165) is 5.56 Å². The summed E-state index contributed by atoms with van der Waals surface area (Å²) < 4.78 is 11.0. The molecule has 0 unspecified atom stereocenters. The van der Waals surface area contributed by atoms with Gasteiger partial charge < -0.3 is 20.9 Å². The molecule has 1 heterocycles. The number of hydrogen-bond donors (Lipinski definition) is 2. The number of nitrogens with two attached hydrogens (primary N) is 2. The molecule has 0 bridgehead atoms. The molecule has 0 amide bonds. The van der Waals surface area contributed by atoms with E-state index in [1.54, 1.807) is 36.4 Å². The van der Waals surface area contributed by atoms with E-state index in [0.29, 0.717) is 10.8 Å². The van der Waals surface area contributed by atoms with Crippen LogP contribution in [0.2, 0.25) is 5.02 Å². The number of anilines is 2. The van der Waals surface area contributed by atoms with Crippen molar-refractivity contribution in [3.63, 3.8) is 0 Å². The molecule has 0 radical (unpaired) electrons. The number of esters is 1. The molecule has 4 N–H and O–H groups in total. The fourth-order valence-electron chi connectivity index (χ4n) is 2.23. The molecule has 9 heteroatoms. The summed E-state index contributed by atoms with van der Waals surface area (Å²) in [5.74, 6) is -0.111. The second kappa shape index (κ2) is 8.33. The minimum atomic E-state index is -0.584. The van der Waals surface area contributed by atoms with Crippen LogP contribution in [0.15, 0.2) is 48.5 Å². The van der Waals surface area contributed by atoms with Crippen LogP contribution < -0.4 is 16.2 Å². The molecule has 0 aliphatic heterocycles. The highest BCUT2D eigenvalue weighted by Gasteiger charge is 2.15. The highest BCUT2D eigenvalue weighted by Crippen LogP contribution is 2.21. The van der Waals surface area contributed by atoms with Crippen molar-refractivity contribution < 1.29 is 14.3 Å². The van der Waals surface area contributed by atoms with Gasteiger partial charge in [0.1, 0.15) is 17.9 Å². The number of hydrogen-bond acceptors (Lipinski definition) is 8. The Kier molecular flexibility index (Phi) is 5.68. The summed E-state index contributed by atoms with van der Waals surface area (Å²) in [6.07, 6.45) is 0. The van der Waals surface area contributed by atoms with Crippen molar-refractivity contribution in [1.82, 2.24) is 15.0 Å². The van der Waals surface area contributed by atoms with E-state index in [1.807, 2.05) is 12.1 Å². The molecule has 0 fully saturated rings. The van der Waals surface area contributed by atoms with Gasteiger partial charge in [-0.2, -0.15) is 15.0 Å². The average molecular weight is 386 g/mol. The molecule has 1 aromatic heterocycles. The number of nitrogens with zero attached hydrogens (tertiary/aromatic N) is 3. The summed E-state index contributed by atoms with van der Waals surface area (Å²) in [5.41, 5.74) is 12.2. The van der Waals surface area contributed by atoms with E-state index < -0.39 is 5.97 Å². The minimum Gasteiger partial charge on any atom is -0.488 e. The molecule has 3 aromatic rings. The minimum absolute atomic E-state index is 0.0414. The topological polar surface area (TPSA) is 126 Å². The molecule has 0 saturated heterocycles. The lowest BCUT2D eigenvalue weighted by Crippen LogP contribution is -2.12. The van der Waals surface area contributed by atoms with Crippen molar-refractivity contribution in [3.8, 4) is 5.75 Å². The van der Waals surface area contributed by atoms with Crippen LogP contribution in [0.4, 0.5) is 11.9 Å². The number of halogens is 1. The van der Waals surface area contributed by atoms with Crippen molar-refractivity contribution >= 4 is 29.5 Å². The highest BCUT2D eigenvalue weighted by molar-refractivity contribution is 6.30. The molecule has 27 heavy (non-hydrogen) atoms. The van der Waals surface area contributed by atoms with Crippen LogP contribution in [0.3, 0.4) is 0 Å². The first-order valence-corrected chi connectivity index (χ1v) is 8.28. The number of nitrogen functional groups attached to an aromatic ring is 2. The second-order valence-electron chi connectivity index (χ2n) is 5.46. The maximum absolute atomic E-state index is 12.4. The quantitative estimate of drug-likeness (QED) is 0.620. The van der Waals surface area contributed by atoms with Crippen molar-refractivity contribution in [2.24, 2.45) is 0 Å². The lowest BCUT2D eigenvalue weighted by atomic mass is 10.2. The van der Waals surface area contributed by atoms with E-state index in [4.69, 9.17) is 32.5 Å². The van der Waals surface area contributed by atoms with Crippen LogP contribution in [0.5, 0.6) is 5.75 Å². The van der Waals surface area contributed by atoms with Crippen molar-refractivity contribution in [1.29, 1.82) is 0 Å². The lowest BCUT2D eigenvalue weighted by molar-refractivity contribution is 0.0457. The molecule has 0 spiro atoms. The van der Waals surface area contributed by atoms with E-state index in [2.05, 4.69) is 15.0 Å². The van der Waals surface area contributed by atoms with Gasteiger partial charge in [0.2, 0.25) is 11.9 Å². The highest BCUT2D eigenvalue weighted by atomic mass is 35.5. The van der Waals surface area contributed by atoms with Gasteiger partial charge in [0.25, 0.3) is 0 Å². The second-order valence-corrected chi connectivity index (χ2v) is 5.89. The summed E-state index contributed by atoms with van der Waals surface area (Å²) >= 11 is 5.87. The van der Waals surface area contributed by atoms with Gasteiger partial charge >= 0.3 is 5.97 Å². The summed E-state index contributed by atoms with van der Waals surface area (Å²) in [6.45, 7) is 0.0866. The Morgan fingerprint density at radius 3 is 2.30 bits per heavy atom. The fourth-order valence-corrected chi connectivity index (χ4v) is 2.36. The van der Waals surface area contributed by atoms with E-state index >= 15 is 0 Å². The molecule has 0 saturated carbocycles. The largest absolute Gasteiger partial charge is 0.488 e. The number of para-hydroxylation sites is 1. The molecule has 3 rings (SSSR count). The lowest BCUT2D eigenvalue weighted by Gasteiger charge is -2.11. The maximum Gasteiger partial charge on any atom is 0.342 e. The SMILES string of the molecule is Nc1nc(N)nc(COC(=O)c2ccccc2OCc2ccc(Cl)cc2)n1. The normalized spacial score (nSPS) is 10.4. The molecular weight excluding hydrogens is 370 g/mol. The third-order valence-corrected chi connectivity index (χ3v) is 3.72. The van der Waals surface area contributed by atoms with Crippen LogP contribution in [0, 0.1) is 0 Å². The first-order valence-electron chi connectivity index (χ1n) is 7.90. The molecule has 8 nitrogen and oxygen atoms in total. The maximum atomic E-state index is 12.4. The van der Waals surface area contributed by atoms with Crippen LogP contribution in [0.25, 0.3) is 0 Å². The van der Waals surface area contributed by atoms with Gasteiger partial charge in [-0.15, -0.1) is 0 Å². The monoisotopic (exact) mass is 385 g/mol. The van der Waals surface area contributed by atoms with E-state index in [-0.39, 0.29) is 36.5 Å². The van der Waals surface area contributed by atoms with Gasteiger partial charge in [-0.3, -0.25) is 0 Å². The zero-order chi connectivity index (χ0) is 19.2. The van der Waals surface area contributed by atoms with Gasteiger partial charge in [0.15, 0.2) is 12.4 Å². The van der Waals surface area contributed by atoms with Crippen molar-refractivity contribution in [2.75, 3.05) is 11.5 Å². The Morgan fingerprint density at radius 1 is 0.926 bits per heavy atom. The third-order valence-electron chi connectivity index (χ3n) is 3.46. The fraction of sp³-hybridized carbons (Fsp3) is 0.111. The predicted molar refractivity (Wildman–Crippen MR) is 100.0 cm³/mol. The Hall–Kier alpha value is -3.39. The average Bonchev–Trinajstić information content (AvgIpc) is 2.65. The van der Waals surface area contributed by atoms with Crippen LogP contribution in [-0.4, -0.2) is 20.9 Å². The van der Waals surface area contributed by atoms with Crippen LogP contribution in [-0.2, 0) is 18.0 Å². The van der Waals surface area contributed by atoms with Gasteiger partial charge in [0.05, 0.1) is 0 Å². The first-order chi connectivity index (χ1) is 13.0. The number of carbonyl (C=O) groups is 1.